The van der Waals surface area contributed by atoms with E-state index in [2.05, 4.69) is 73.5 Å². The standard InChI is InChI=1S/C22H23N/c1-15-3-7-20(8-4-15)23(2)21-9-10-22-14-17-12-18(22)6-5-16(17)11-19(22)13-21/h3-9,11,13,17-18H,10,12,14H2,1-2H3/t17?,18?,22-/m1/s1. The first-order valence-electron chi connectivity index (χ1n) is 8.78. The van der Waals surface area contributed by atoms with Crippen LogP contribution in [0.2, 0.25) is 0 Å². The zero-order valence-electron chi connectivity index (χ0n) is 13.9. The number of allylic oxidation sites excluding steroid dienone is 7. The Morgan fingerprint density at radius 2 is 1.96 bits per heavy atom. The van der Waals surface area contributed by atoms with E-state index in [9.17, 15) is 0 Å². The predicted molar refractivity (Wildman–Crippen MR) is 96.2 cm³/mol. The van der Waals surface area contributed by atoms with Gasteiger partial charge < -0.3 is 4.90 Å². The Bertz CT molecular complexity index is 790. The molecule has 1 aromatic rings. The molecule has 1 aromatic carbocycles. The number of likely N-dealkylation sites (N-methyl/N-ethyl adjacent to an activating group) is 1. The van der Waals surface area contributed by atoms with Gasteiger partial charge in [-0.3, -0.25) is 0 Å². The molecule has 4 aliphatic carbocycles. The minimum Gasteiger partial charge on any atom is -0.345 e. The van der Waals surface area contributed by atoms with Crippen LogP contribution in [0.4, 0.5) is 5.69 Å². The van der Waals surface area contributed by atoms with E-state index in [1.807, 2.05) is 0 Å². The van der Waals surface area contributed by atoms with Crippen LogP contribution < -0.4 is 4.90 Å². The summed E-state index contributed by atoms with van der Waals surface area (Å²) in [7, 11) is 2.19. The first-order valence-corrected chi connectivity index (χ1v) is 8.78. The second-order valence-electron chi connectivity index (χ2n) is 7.73. The van der Waals surface area contributed by atoms with Crippen LogP contribution in [0.3, 0.4) is 0 Å². The minimum absolute atomic E-state index is 0.402. The summed E-state index contributed by atoms with van der Waals surface area (Å²) in [6.45, 7) is 2.14. The van der Waals surface area contributed by atoms with Crippen LogP contribution in [0.15, 0.2) is 71.5 Å². The average Bonchev–Trinajstić information content (AvgIpc) is 2.70. The highest BCUT2D eigenvalue weighted by molar-refractivity contribution is 5.59. The lowest BCUT2D eigenvalue weighted by molar-refractivity contribution is 0.303. The Balaban J connectivity index is 1.52. The third kappa shape index (κ3) is 1.80. The number of hydrogen-bond acceptors (Lipinski definition) is 1. The van der Waals surface area contributed by atoms with Crippen LogP contribution >= 0.6 is 0 Å². The Morgan fingerprint density at radius 3 is 2.78 bits per heavy atom. The predicted octanol–water partition coefficient (Wildman–Crippen LogP) is 5.17. The van der Waals surface area contributed by atoms with Gasteiger partial charge in [0.1, 0.15) is 0 Å². The van der Waals surface area contributed by atoms with Gasteiger partial charge in [0.2, 0.25) is 0 Å². The molecule has 1 fully saturated rings. The van der Waals surface area contributed by atoms with Gasteiger partial charge in [0, 0.05) is 23.8 Å². The molecule has 1 heteroatoms. The van der Waals surface area contributed by atoms with Gasteiger partial charge in [-0.1, -0.05) is 42.0 Å². The van der Waals surface area contributed by atoms with Crippen LogP contribution in [0.5, 0.6) is 0 Å². The Kier molecular flexibility index (Phi) is 2.63. The van der Waals surface area contributed by atoms with Crippen molar-refractivity contribution in [1.82, 2.24) is 0 Å². The van der Waals surface area contributed by atoms with Gasteiger partial charge >= 0.3 is 0 Å². The van der Waals surface area contributed by atoms with Crippen molar-refractivity contribution >= 4 is 5.69 Å². The van der Waals surface area contributed by atoms with Gasteiger partial charge in [0.15, 0.2) is 0 Å². The molecule has 1 spiro atoms. The van der Waals surface area contributed by atoms with Crippen molar-refractivity contribution in [2.24, 2.45) is 17.3 Å². The van der Waals surface area contributed by atoms with E-state index in [1.165, 1.54) is 36.2 Å². The van der Waals surface area contributed by atoms with Gasteiger partial charge in [0.05, 0.1) is 0 Å². The number of aryl methyl sites for hydroxylation is 1. The van der Waals surface area contributed by atoms with Crippen molar-refractivity contribution in [3.05, 3.63) is 77.1 Å². The van der Waals surface area contributed by atoms with Crippen molar-refractivity contribution in [3.63, 3.8) is 0 Å². The summed E-state index contributed by atoms with van der Waals surface area (Å²) in [5.74, 6) is 1.58. The minimum atomic E-state index is 0.402. The lowest BCUT2D eigenvalue weighted by Crippen LogP contribution is -2.30. The summed E-state index contributed by atoms with van der Waals surface area (Å²) in [5.41, 5.74) is 7.47. The van der Waals surface area contributed by atoms with Gasteiger partial charge in [-0.2, -0.15) is 0 Å². The molecule has 4 aliphatic rings. The van der Waals surface area contributed by atoms with E-state index >= 15 is 0 Å². The number of nitrogens with zero attached hydrogens (tertiary/aromatic N) is 1. The molecular formula is C22H23N. The molecule has 3 atom stereocenters. The van der Waals surface area contributed by atoms with Gasteiger partial charge in [-0.15, -0.1) is 0 Å². The summed E-state index contributed by atoms with van der Waals surface area (Å²) in [6.07, 6.45) is 16.2. The summed E-state index contributed by atoms with van der Waals surface area (Å²) >= 11 is 0. The monoisotopic (exact) mass is 301 g/mol. The second-order valence-corrected chi connectivity index (χ2v) is 7.73. The molecule has 3 bridgehead atoms. The van der Waals surface area contributed by atoms with Crippen molar-refractivity contribution in [3.8, 4) is 0 Å². The third-order valence-corrected chi connectivity index (χ3v) is 6.54. The van der Waals surface area contributed by atoms with Gasteiger partial charge in [0.25, 0.3) is 0 Å². The maximum absolute atomic E-state index is 2.49. The van der Waals surface area contributed by atoms with Crippen LogP contribution in [-0.2, 0) is 0 Å². The number of benzene rings is 1. The van der Waals surface area contributed by atoms with Crippen LogP contribution in [0, 0.1) is 24.2 Å². The SMILES string of the molecule is Cc1ccc(N(C)C2=CC[C@@]34CC5CC3C=CC5=CC4=C2)cc1. The first kappa shape index (κ1) is 13.4. The molecule has 1 saturated carbocycles. The average molecular weight is 301 g/mol. The molecule has 116 valence electrons. The zero-order chi connectivity index (χ0) is 15.6. The highest BCUT2D eigenvalue weighted by Gasteiger charge is 2.53. The van der Waals surface area contributed by atoms with Crippen molar-refractivity contribution in [2.75, 3.05) is 11.9 Å². The summed E-state index contributed by atoms with van der Waals surface area (Å²) in [4.78, 5) is 2.33. The normalized spacial score (nSPS) is 33.0. The maximum atomic E-state index is 2.49. The van der Waals surface area contributed by atoms with Crippen molar-refractivity contribution in [1.29, 1.82) is 0 Å². The smallest absolute Gasteiger partial charge is 0.0408 e. The molecule has 0 saturated heterocycles. The molecular weight excluding hydrogens is 278 g/mol. The largest absolute Gasteiger partial charge is 0.345 e. The molecule has 0 radical (unpaired) electrons. The summed E-state index contributed by atoms with van der Waals surface area (Å²) < 4.78 is 0. The number of rotatable bonds is 2. The third-order valence-electron chi connectivity index (χ3n) is 6.54. The van der Waals surface area contributed by atoms with Gasteiger partial charge in [-0.05, 0) is 67.4 Å². The lowest BCUT2D eigenvalue weighted by Gasteiger charge is -2.39. The molecule has 23 heavy (non-hydrogen) atoms. The highest BCUT2D eigenvalue weighted by Crippen LogP contribution is 2.63. The van der Waals surface area contributed by atoms with E-state index in [0.29, 0.717) is 5.41 Å². The summed E-state index contributed by atoms with van der Waals surface area (Å²) in [5, 5.41) is 0. The fraction of sp³-hybridized carbons (Fsp3) is 0.364. The van der Waals surface area contributed by atoms with Gasteiger partial charge in [-0.25, -0.2) is 0 Å². The summed E-state index contributed by atoms with van der Waals surface area (Å²) in [6, 6.07) is 8.82. The highest BCUT2D eigenvalue weighted by atomic mass is 15.1. The quantitative estimate of drug-likeness (QED) is 0.728. The maximum Gasteiger partial charge on any atom is 0.0408 e. The van der Waals surface area contributed by atoms with Crippen LogP contribution in [0.25, 0.3) is 0 Å². The van der Waals surface area contributed by atoms with E-state index in [0.717, 1.165) is 11.8 Å². The topological polar surface area (TPSA) is 3.24 Å². The number of anilines is 1. The zero-order valence-corrected chi connectivity index (χ0v) is 13.9. The van der Waals surface area contributed by atoms with Crippen LogP contribution in [0.1, 0.15) is 24.8 Å². The van der Waals surface area contributed by atoms with Crippen molar-refractivity contribution < 1.29 is 0 Å². The number of fused-ring (bicyclic) bond motifs is 1. The van der Waals surface area contributed by atoms with E-state index in [4.69, 9.17) is 0 Å². The molecule has 1 nitrogen and oxygen atoms in total. The second kappa shape index (κ2) is 4.50. The Hall–Kier alpha value is -2.02. The molecule has 0 aliphatic heterocycles. The Labute approximate surface area is 138 Å². The molecule has 0 amide bonds. The fourth-order valence-corrected chi connectivity index (χ4v) is 5.10. The molecule has 5 rings (SSSR count). The fourth-order valence-electron chi connectivity index (χ4n) is 5.10. The van der Waals surface area contributed by atoms with E-state index in [-0.39, 0.29) is 0 Å². The van der Waals surface area contributed by atoms with E-state index in [1.54, 1.807) is 11.1 Å². The number of hydrogen-bond donors (Lipinski definition) is 0. The van der Waals surface area contributed by atoms with Crippen molar-refractivity contribution in [2.45, 2.75) is 26.2 Å². The molecule has 2 unspecified atom stereocenters. The molecule has 0 N–H and O–H groups in total. The first-order chi connectivity index (χ1) is 11.2. The molecule has 0 heterocycles. The lowest BCUT2D eigenvalue weighted by atomic mass is 9.66. The molecule has 0 aromatic heterocycles. The Morgan fingerprint density at radius 1 is 1.13 bits per heavy atom. The van der Waals surface area contributed by atoms with E-state index < -0.39 is 0 Å². The van der Waals surface area contributed by atoms with Crippen LogP contribution in [-0.4, -0.2) is 7.05 Å².